The number of aromatic amines is 1. The molecule has 2 heterocycles. The first-order valence-corrected chi connectivity index (χ1v) is 7.52. The summed E-state index contributed by atoms with van der Waals surface area (Å²) in [7, 11) is 1.48. The summed E-state index contributed by atoms with van der Waals surface area (Å²) in [5.74, 6) is -1.03. The van der Waals surface area contributed by atoms with Crippen LogP contribution in [0.25, 0.3) is 10.9 Å². The number of H-pyrrole nitrogens is 1. The lowest BCUT2D eigenvalue weighted by molar-refractivity contribution is 0.0949. The highest BCUT2D eigenvalue weighted by atomic mass is 19.1. The van der Waals surface area contributed by atoms with E-state index in [0.717, 1.165) is 21.3 Å². The molecule has 0 aliphatic heterocycles. The molecule has 0 aliphatic rings. The molecule has 6 heteroatoms. The summed E-state index contributed by atoms with van der Waals surface area (Å²) in [6.45, 7) is 4.08. The molecule has 3 aromatic rings. The van der Waals surface area contributed by atoms with E-state index in [2.05, 4.69) is 21.5 Å². The Hall–Kier alpha value is -2.63. The fraction of sp³-hybridized carbons (Fsp3) is 0.294. The average molecular weight is 314 g/mol. The van der Waals surface area contributed by atoms with Gasteiger partial charge in [0.2, 0.25) is 5.95 Å². The van der Waals surface area contributed by atoms with Crippen molar-refractivity contribution >= 4 is 16.8 Å². The maximum Gasteiger partial charge on any atom is 0.257 e. The molecular formula is C17H19FN4O. The van der Waals surface area contributed by atoms with Gasteiger partial charge in [0.05, 0.1) is 5.69 Å². The topological polar surface area (TPSA) is 62.7 Å². The number of hydrogen-bond donors (Lipinski definition) is 2. The second-order valence-electron chi connectivity index (χ2n) is 5.65. The van der Waals surface area contributed by atoms with Gasteiger partial charge in [0, 0.05) is 30.2 Å². The first-order valence-electron chi connectivity index (χ1n) is 7.52. The van der Waals surface area contributed by atoms with Gasteiger partial charge in [-0.25, -0.2) is 4.68 Å². The molecule has 0 unspecified atom stereocenters. The third-order valence-electron chi connectivity index (χ3n) is 4.07. The molecule has 0 radical (unpaired) electrons. The lowest BCUT2D eigenvalue weighted by atomic mass is 10.1. The molecule has 23 heavy (non-hydrogen) atoms. The van der Waals surface area contributed by atoms with Crippen molar-refractivity contribution in [3.63, 3.8) is 0 Å². The van der Waals surface area contributed by atoms with Gasteiger partial charge in [-0.2, -0.15) is 9.49 Å². The number of aromatic nitrogens is 3. The van der Waals surface area contributed by atoms with Crippen molar-refractivity contribution in [2.45, 2.75) is 20.3 Å². The maximum atomic E-state index is 13.9. The molecule has 1 amide bonds. The minimum atomic E-state index is -0.608. The number of hydrogen-bond acceptors (Lipinski definition) is 2. The van der Waals surface area contributed by atoms with Crippen LogP contribution in [0.1, 0.15) is 27.3 Å². The lowest BCUT2D eigenvalue weighted by Crippen LogP contribution is -2.27. The van der Waals surface area contributed by atoms with Gasteiger partial charge in [0.15, 0.2) is 0 Å². The van der Waals surface area contributed by atoms with Crippen molar-refractivity contribution in [2.24, 2.45) is 7.05 Å². The molecule has 0 saturated heterocycles. The first kappa shape index (κ1) is 15.3. The summed E-state index contributed by atoms with van der Waals surface area (Å²) in [5.41, 5.74) is 3.75. The van der Waals surface area contributed by atoms with E-state index in [1.165, 1.54) is 12.6 Å². The molecule has 0 bridgehead atoms. The molecule has 2 N–H and O–H groups in total. The van der Waals surface area contributed by atoms with E-state index in [1.807, 2.05) is 25.1 Å². The second-order valence-corrected chi connectivity index (χ2v) is 5.65. The lowest BCUT2D eigenvalue weighted by Gasteiger charge is -2.05. The number of rotatable bonds is 4. The van der Waals surface area contributed by atoms with Crippen LogP contribution in [-0.4, -0.2) is 27.2 Å². The number of nitrogens with one attached hydrogen (secondary N) is 2. The minimum Gasteiger partial charge on any atom is -0.358 e. The minimum absolute atomic E-state index is 0.0168. The number of amides is 1. The van der Waals surface area contributed by atoms with Crippen molar-refractivity contribution in [3.8, 4) is 0 Å². The summed E-state index contributed by atoms with van der Waals surface area (Å²) in [5, 5.41) is 7.85. The van der Waals surface area contributed by atoms with Gasteiger partial charge in [-0.05, 0) is 31.9 Å². The molecule has 0 aliphatic carbocycles. The SMILES string of the molecule is Cc1nn(C)c(F)c1C(=O)NCCc1c(C)[nH]c2ccccc12. The highest BCUT2D eigenvalue weighted by Crippen LogP contribution is 2.22. The van der Waals surface area contributed by atoms with Gasteiger partial charge in [0.1, 0.15) is 5.56 Å². The van der Waals surface area contributed by atoms with E-state index >= 15 is 0 Å². The van der Waals surface area contributed by atoms with Crippen molar-refractivity contribution in [3.05, 3.63) is 52.7 Å². The number of nitrogens with zero attached hydrogens (tertiary/aromatic N) is 2. The van der Waals surface area contributed by atoms with Crippen LogP contribution in [-0.2, 0) is 13.5 Å². The molecule has 0 fully saturated rings. The number of carbonyl (C=O) groups excluding carboxylic acids is 1. The van der Waals surface area contributed by atoms with Gasteiger partial charge >= 0.3 is 0 Å². The molecule has 2 aromatic heterocycles. The van der Waals surface area contributed by atoms with E-state index < -0.39 is 11.9 Å². The third kappa shape index (κ3) is 2.72. The summed E-state index contributed by atoms with van der Waals surface area (Å²) < 4.78 is 15.0. The Morgan fingerprint density at radius 1 is 1.35 bits per heavy atom. The zero-order chi connectivity index (χ0) is 16.6. The Bertz CT molecular complexity index is 878. The Kier molecular flexibility index (Phi) is 3.90. The Morgan fingerprint density at radius 2 is 2.09 bits per heavy atom. The summed E-state index contributed by atoms with van der Waals surface area (Å²) in [6.07, 6.45) is 0.683. The van der Waals surface area contributed by atoms with E-state index in [9.17, 15) is 9.18 Å². The Balaban J connectivity index is 1.71. The molecular weight excluding hydrogens is 295 g/mol. The van der Waals surface area contributed by atoms with Crippen LogP contribution in [0.2, 0.25) is 0 Å². The largest absolute Gasteiger partial charge is 0.358 e. The monoisotopic (exact) mass is 314 g/mol. The van der Waals surface area contributed by atoms with Crippen molar-refractivity contribution in [1.82, 2.24) is 20.1 Å². The highest BCUT2D eigenvalue weighted by Gasteiger charge is 2.20. The van der Waals surface area contributed by atoms with Gasteiger partial charge in [0.25, 0.3) is 5.91 Å². The number of benzene rings is 1. The Labute approximate surface area is 133 Å². The van der Waals surface area contributed by atoms with Gasteiger partial charge in [-0.1, -0.05) is 18.2 Å². The average Bonchev–Trinajstić information content (AvgIpc) is 2.96. The fourth-order valence-electron chi connectivity index (χ4n) is 2.93. The molecule has 0 atom stereocenters. The first-order chi connectivity index (χ1) is 11.0. The third-order valence-corrected chi connectivity index (χ3v) is 4.07. The summed E-state index contributed by atoms with van der Waals surface area (Å²) in [6, 6.07) is 8.06. The van der Waals surface area contributed by atoms with Gasteiger partial charge in [-0.3, -0.25) is 4.79 Å². The van der Waals surface area contributed by atoms with Crippen LogP contribution in [0, 0.1) is 19.8 Å². The van der Waals surface area contributed by atoms with Crippen LogP contribution in [0.5, 0.6) is 0 Å². The van der Waals surface area contributed by atoms with Crippen LogP contribution >= 0.6 is 0 Å². The van der Waals surface area contributed by atoms with Crippen molar-refractivity contribution in [1.29, 1.82) is 0 Å². The number of aryl methyl sites for hydroxylation is 3. The van der Waals surface area contributed by atoms with E-state index in [0.29, 0.717) is 18.7 Å². The second kappa shape index (κ2) is 5.87. The Morgan fingerprint density at radius 3 is 2.78 bits per heavy atom. The van der Waals surface area contributed by atoms with Crippen LogP contribution in [0.3, 0.4) is 0 Å². The van der Waals surface area contributed by atoms with E-state index in [1.54, 1.807) is 6.92 Å². The normalized spacial score (nSPS) is 11.1. The standard InChI is InChI=1S/C17H19FN4O/c1-10-12(13-6-4-5-7-14(13)20-10)8-9-19-17(23)15-11(2)21-22(3)16(15)18/h4-7,20H,8-9H2,1-3H3,(H,19,23). The van der Waals surface area contributed by atoms with E-state index in [4.69, 9.17) is 0 Å². The zero-order valence-corrected chi connectivity index (χ0v) is 13.4. The predicted octanol–water partition coefficient (Wildman–Crippen LogP) is 2.63. The van der Waals surface area contributed by atoms with E-state index in [-0.39, 0.29) is 5.56 Å². The predicted molar refractivity (Wildman–Crippen MR) is 87.0 cm³/mol. The van der Waals surface area contributed by atoms with Crippen LogP contribution in [0.15, 0.2) is 24.3 Å². The van der Waals surface area contributed by atoms with Crippen molar-refractivity contribution in [2.75, 3.05) is 6.54 Å². The summed E-state index contributed by atoms with van der Waals surface area (Å²) in [4.78, 5) is 15.5. The summed E-state index contributed by atoms with van der Waals surface area (Å²) >= 11 is 0. The fourth-order valence-corrected chi connectivity index (χ4v) is 2.93. The molecule has 1 aromatic carbocycles. The number of halogens is 1. The molecule has 120 valence electrons. The zero-order valence-electron chi connectivity index (χ0n) is 13.4. The maximum absolute atomic E-state index is 13.9. The number of carbonyl (C=O) groups is 1. The van der Waals surface area contributed by atoms with Crippen LogP contribution < -0.4 is 5.32 Å². The van der Waals surface area contributed by atoms with Crippen molar-refractivity contribution < 1.29 is 9.18 Å². The molecule has 0 spiro atoms. The number of fused-ring (bicyclic) bond motifs is 1. The number of para-hydroxylation sites is 1. The highest BCUT2D eigenvalue weighted by molar-refractivity contribution is 5.95. The molecule has 0 saturated carbocycles. The smallest absolute Gasteiger partial charge is 0.257 e. The quantitative estimate of drug-likeness (QED) is 0.777. The van der Waals surface area contributed by atoms with Gasteiger partial charge < -0.3 is 10.3 Å². The van der Waals surface area contributed by atoms with Crippen LogP contribution in [0.4, 0.5) is 4.39 Å². The molecule has 3 rings (SSSR count). The molecule has 5 nitrogen and oxygen atoms in total. The van der Waals surface area contributed by atoms with Gasteiger partial charge in [-0.15, -0.1) is 0 Å².